The summed E-state index contributed by atoms with van der Waals surface area (Å²) < 4.78 is 16.4. The Morgan fingerprint density at radius 2 is 1.81 bits per heavy atom. The minimum Gasteiger partial charge on any atom is -0.493 e. The van der Waals surface area contributed by atoms with Crippen molar-refractivity contribution in [3.8, 4) is 17.2 Å². The van der Waals surface area contributed by atoms with E-state index in [9.17, 15) is 4.79 Å². The van der Waals surface area contributed by atoms with Crippen molar-refractivity contribution in [1.82, 2.24) is 9.97 Å². The second-order valence-corrected chi connectivity index (χ2v) is 7.29. The van der Waals surface area contributed by atoms with Crippen LogP contribution in [0.25, 0.3) is 10.9 Å². The lowest BCUT2D eigenvalue weighted by molar-refractivity contribution is -0.132. The van der Waals surface area contributed by atoms with Crippen LogP contribution >= 0.6 is 11.6 Å². The zero-order valence-corrected chi connectivity index (χ0v) is 18.2. The average molecular weight is 450 g/mol. The molecule has 0 aliphatic carbocycles. The number of benzene rings is 3. The minimum absolute atomic E-state index is 0.285. The first-order valence-electron chi connectivity index (χ1n) is 9.78. The van der Waals surface area contributed by atoms with Crippen molar-refractivity contribution in [2.24, 2.45) is 0 Å². The number of rotatable bonds is 7. The number of carbonyl (C=O) groups excluding carboxylic acids is 1. The monoisotopic (exact) mass is 449 g/mol. The summed E-state index contributed by atoms with van der Waals surface area (Å²) in [4.78, 5) is 20.1. The largest absolute Gasteiger partial charge is 0.493 e. The Labute approximate surface area is 189 Å². The third-order valence-corrected chi connectivity index (χ3v) is 4.90. The first-order chi connectivity index (χ1) is 15.5. The SMILES string of the molecule is COc1cc2ncnc(Nc3ccc(OCc4ccccc4)c(Cl)c3)c2cc1OC(C)=O. The maximum atomic E-state index is 11.5. The van der Waals surface area contributed by atoms with E-state index in [1.807, 2.05) is 36.4 Å². The summed E-state index contributed by atoms with van der Waals surface area (Å²) in [5.74, 6) is 1.34. The van der Waals surface area contributed by atoms with Gasteiger partial charge in [0, 0.05) is 24.1 Å². The first kappa shape index (κ1) is 21.4. The number of hydrogen-bond acceptors (Lipinski definition) is 7. The van der Waals surface area contributed by atoms with Crippen LogP contribution in [-0.2, 0) is 11.4 Å². The number of aromatic nitrogens is 2. The summed E-state index contributed by atoms with van der Waals surface area (Å²) in [6.45, 7) is 1.75. The molecule has 0 spiro atoms. The smallest absolute Gasteiger partial charge is 0.308 e. The number of fused-ring (bicyclic) bond motifs is 1. The second-order valence-electron chi connectivity index (χ2n) is 6.88. The Morgan fingerprint density at radius 3 is 2.53 bits per heavy atom. The van der Waals surface area contributed by atoms with Gasteiger partial charge in [-0.2, -0.15) is 0 Å². The molecule has 162 valence electrons. The molecule has 0 bridgehead atoms. The van der Waals surface area contributed by atoms with Crippen LogP contribution in [0.2, 0.25) is 5.02 Å². The lowest BCUT2D eigenvalue weighted by Crippen LogP contribution is -2.04. The number of hydrogen-bond donors (Lipinski definition) is 1. The van der Waals surface area contributed by atoms with Gasteiger partial charge in [-0.05, 0) is 29.8 Å². The van der Waals surface area contributed by atoms with E-state index in [1.165, 1.54) is 20.4 Å². The highest BCUT2D eigenvalue weighted by atomic mass is 35.5. The molecular weight excluding hydrogens is 430 g/mol. The van der Waals surface area contributed by atoms with E-state index < -0.39 is 5.97 Å². The molecule has 1 N–H and O–H groups in total. The van der Waals surface area contributed by atoms with Gasteiger partial charge in [0.2, 0.25) is 0 Å². The molecule has 0 fully saturated rings. The van der Waals surface area contributed by atoms with Gasteiger partial charge < -0.3 is 19.5 Å². The van der Waals surface area contributed by atoms with Gasteiger partial charge >= 0.3 is 5.97 Å². The molecule has 1 heterocycles. The summed E-state index contributed by atoms with van der Waals surface area (Å²) in [7, 11) is 1.50. The van der Waals surface area contributed by atoms with Crippen molar-refractivity contribution < 1.29 is 19.0 Å². The molecule has 0 aliphatic heterocycles. The number of methoxy groups -OCH3 is 1. The minimum atomic E-state index is -0.452. The fraction of sp³-hybridized carbons (Fsp3) is 0.125. The van der Waals surface area contributed by atoms with Gasteiger partial charge in [-0.15, -0.1) is 0 Å². The van der Waals surface area contributed by atoms with Crippen molar-refractivity contribution in [2.75, 3.05) is 12.4 Å². The van der Waals surface area contributed by atoms with Crippen LogP contribution in [0.5, 0.6) is 17.2 Å². The summed E-state index contributed by atoms with van der Waals surface area (Å²) in [6.07, 6.45) is 1.44. The molecule has 0 atom stereocenters. The van der Waals surface area contributed by atoms with E-state index in [-0.39, 0.29) is 5.75 Å². The molecule has 0 saturated carbocycles. The Hall–Kier alpha value is -3.84. The van der Waals surface area contributed by atoms with Gasteiger partial charge in [0.05, 0.1) is 17.6 Å². The number of esters is 1. The number of halogens is 1. The number of carbonyl (C=O) groups is 1. The van der Waals surface area contributed by atoms with E-state index in [4.69, 9.17) is 25.8 Å². The fourth-order valence-corrected chi connectivity index (χ4v) is 3.36. The molecule has 3 aromatic carbocycles. The molecule has 0 saturated heterocycles. The van der Waals surface area contributed by atoms with Gasteiger partial charge in [0.15, 0.2) is 11.5 Å². The predicted molar refractivity (Wildman–Crippen MR) is 123 cm³/mol. The lowest BCUT2D eigenvalue weighted by Gasteiger charge is -2.13. The molecule has 8 heteroatoms. The molecule has 1 aromatic heterocycles. The van der Waals surface area contributed by atoms with E-state index >= 15 is 0 Å². The van der Waals surface area contributed by atoms with Crippen LogP contribution in [0.1, 0.15) is 12.5 Å². The number of nitrogens with one attached hydrogen (secondary N) is 1. The highest BCUT2D eigenvalue weighted by Gasteiger charge is 2.14. The summed E-state index contributed by atoms with van der Waals surface area (Å²) >= 11 is 6.43. The van der Waals surface area contributed by atoms with Crippen molar-refractivity contribution in [3.05, 3.63) is 77.6 Å². The highest BCUT2D eigenvalue weighted by molar-refractivity contribution is 6.32. The second kappa shape index (κ2) is 9.53. The van der Waals surface area contributed by atoms with E-state index in [0.717, 1.165) is 5.56 Å². The third kappa shape index (κ3) is 4.90. The van der Waals surface area contributed by atoms with E-state index in [0.29, 0.717) is 45.5 Å². The fourth-order valence-electron chi connectivity index (χ4n) is 3.13. The Kier molecular flexibility index (Phi) is 6.37. The zero-order chi connectivity index (χ0) is 22.5. The van der Waals surface area contributed by atoms with Crippen LogP contribution in [-0.4, -0.2) is 23.0 Å². The molecule has 4 aromatic rings. The number of anilines is 2. The average Bonchev–Trinajstić information content (AvgIpc) is 2.79. The maximum absolute atomic E-state index is 11.5. The topological polar surface area (TPSA) is 82.6 Å². The van der Waals surface area contributed by atoms with Crippen LogP contribution < -0.4 is 19.5 Å². The van der Waals surface area contributed by atoms with Crippen LogP contribution in [0.3, 0.4) is 0 Å². The molecule has 4 rings (SSSR count). The predicted octanol–water partition coefficient (Wildman–Crippen LogP) is 5.54. The van der Waals surface area contributed by atoms with Gasteiger partial charge in [-0.25, -0.2) is 9.97 Å². The van der Waals surface area contributed by atoms with Crippen molar-refractivity contribution in [3.63, 3.8) is 0 Å². The van der Waals surface area contributed by atoms with Crippen LogP contribution in [0, 0.1) is 0 Å². The molecule has 0 radical (unpaired) electrons. The first-order valence-corrected chi connectivity index (χ1v) is 10.2. The Balaban J connectivity index is 1.58. The summed E-state index contributed by atoms with van der Waals surface area (Å²) in [5.41, 5.74) is 2.40. The highest BCUT2D eigenvalue weighted by Crippen LogP contribution is 2.36. The molecule has 32 heavy (non-hydrogen) atoms. The lowest BCUT2D eigenvalue weighted by atomic mass is 10.2. The zero-order valence-electron chi connectivity index (χ0n) is 17.5. The van der Waals surface area contributed by atoms with Crippen LogP contribution in [0.15, 0.2) is 67.0 Å². The van der Waals surface area contributed by atoms with Gasteiger partial charge in [0.1, 0.15) is 24.5 Å². The molecule has 7 nitrogen and oxygen atoms in total. The van der Waals surface area contributed by atoms with Gasteiger partial charge in [0.25, 0.3) is 0 Å². The quantitative estimate of drug-likeness (QED) is 0.293. The Bertz CT molecular complexity index is 1270. The standard InChI is InChI=1S/C24H20ClN3O4/c1-15(29)32-23-11-18-20(12-22(23)30-2)26-14-27-24(18)28-17-8-9-21(19(25)10-17)31-13-16-6-4-3-5-7-16/h3-12,14H,13H2,1-2H3,(H,26,27,28). The van der Waals surface area contributed by atoms with Gasteiger partial charge in [-0.1, -0.05) is 41.9 Å². The third-order valence-electron chi connectivity index (χ3n) is 4.61. The number of ether oxygens (including phenoxy) is 3. The number of nitrogens with zero attached hydrogens (tertiary/aromatic N) is 2. The normalized spacial score (nSPS) is 10.6. The summed E-state index contributed by atoms with van der Waals surface area (Å²) in [6, 6.07) is 18.6. The van der Waals surface area contributed by atoms with Crippen molar-refractivity contribution in [1.29, 1.82) is 0 Å². The molecule has 0 unspecified atom stereocenters. The van der Waals surface area contributed by atoms with E-state index in [2.05, 4.69) is 15.3 Å². The van der Waals surface area contributed by atoms with Crippen LogP contribution in [0.4, 0.5) is 11.5 Å². The maximum Gasteiger partial charge on any atom is 0.308 e. The van der Waals surface area contributed by atoms with Crippen molar-refractivity contribution >= 4 is 40.0 Å². The van der Waals surface area contributed by atoms with E-state index in [1.54, 1.807) is 24.3 Å². The molecule has 0 aliphatic rings. The molecular formula is C24H20ClN3O4. The Morgan fingerprint density at radius 1 is 1.00 bits per heavy atom. The summed E-state index contributed by atoms with van der Waals surface area (Å²) in [5, 5.41) is 4.36. The van der Waals surface area contributed by atoms with Crippen molar-refractivity contribution in [2.45, 2.75) is 13.5 Å². The van der Waals surface area contributed by atoms with Gasteiger partial charge in [-0.3, -0.25) is 4.79 Å². The molecule has 0 amide bonds.